The number of thiophene rings is 1. The molecular weight excluding hydrogens is 324 g/mol. The molecule has 2 amide bonds. The van der Waals surface area contributed by atoms with Crippen LogP contribution in [0.1, 0.15) is 22.9 Å². The normalized spacial score (nSPS) is 16.1. The van der Waals surface area contributed by atoms with Crippen LogP contribution in [0.25, 0.3) is 0 Å². The molecule has 0 spiro atoms. The molecule has 3 rings (SSSR count). The number of hydrogen-bond acceptors (Lipinski definition) is 4. The summed E-state index contributed by atoms with van der Waals surface area (Å²) < 4.78 is 10.8. The van der Waals surface area contributed by atoms with Gasteiger partial charge in [-0.2, -0.15) is 0 Å². The first-order chi connectivity index (χ1) is 11.8. The molecule has 1 aliphatic rings. The lowest BCUT2D eigenvalue weighted by molar-refractivity contribution is 0.143. The van der Waals surface area contributed by atoms with Gasteiger partial charge in [0.25, 0.3) is 0 Å². The predicted molar refractivity (Wildman–Crippen MR) is 94.4 cm³/mol. The van der Waals surface area contributed by atoms with Gasteiger partial charge in [0.15, 0.2) is 0 Å². The molecule has 0 bridgehead atoms. The molecule has 2 aromatic rings. The molecular formula is C18H22N2O3S. The van der Waals surface area contributed by atoms with Crippen LogP contribution in [-0.4, -0.2) is 37.8 Å². The molecule has 0 radical (unpaired) electrons. The summed E-state index contributed by atoms with van der Waals surface area (Å²) in [6, 6.07) is 11.8. The second kappa shape index (κ2) is 8.17. The van der Waals surface area contributed by atoms with Crippen LogP contribution in [0.3, 0.4) is 0 Å². The van der Waals surface area contributed by atoms with E-state index in [-0.39, 0.29) is 12.1 Å². The van der Waals surface area contributed by atoms with E-state index in [4.69, 9.17) is 9.47 Å². The summed E-state index contributed by atoms with van der Waals surface area (Å²) in [7, 11) is 1.65. The molecule has 128 valence electrons. The highest BCUT2D eigenvalue weighted by Crippen LogP contribution is 2.31. The first-order valence-electron chi connectivity index (χ1n) is 8.06. The minimum atomic E-state index is -0.0675. The van der Waals surface area contributed by atoms with Crippen LogP contribution < -0.4 is 10.1 Å². The van der Waals surface area contributed by atoms with Crippen LogP contribution in [0.5, 0.6) is 5.75 Å². The summed E-state index contributed by atoms with van der Waals surface area (Å²) in [6.07, 6.45) is 0.778. The Morgan fingerprint density at radius 2 is 2.25 bits per heavy atom. The van der Waals surface area contributed by atoms with Gasteiger partial charge in [-0.1, -0.05) is 24.3 Å². The van der Waals surface area contributed by atoms with Crippen molar-refractivity contribution >= 4 is 17.4 Å². The number of carbonyl (C=O) groups is 1. The SMILES string of the molecule is COCCN(Cc1cccs1)C(=O)N[C@@H]1CCOc2ccccc21. The molecule has 0 aliphatic carbocycles. The van der Waals surface area contributed by atoms with Crippen molar-refractivity contribution < 1.29 is 14.3 Å². The summed E-state index contributed by atoms with van der Waals surface area (Å²) in [5.41, 5.74) is 1.04. The highest BCUT2D eigenvalue weighted by Gasteiger charge is 2.25. The van der Waals surface area contributed by atoms with Crippen molar-refractivity contribution in [2.24, 2.45) is 0 Å². The van der Waals surface area contributed by atoms with Crippen molar-refractivity contribution in [1.29, 1.82) is 0 Å². The Kier molecular flexibility index (Phi) is 5.72. The molecule has 0 fully saturated rings. The molecule has 1 aromatic carbocycles. The summed E-state index contributed by atoms with van der Waals surface area (Å²) in [5, 5.41) is 5.18. The summed E-state index contributed by atoms with van der Waals surface area (Å²) in [4.78, 5) is 15.7. The van der Waals surface area contributed by atoms with Gasteiger partial charge in [-0.15, -0.1) is 11.3 Å². The second-order valence-electron chi connectivity index (χ2n) is 5.67. The number of hydrogen-bond donors (Lipinski definition) is 1. The maximum absolute atomic E-state index is 12.8. The van der Waals surface area contributed by atoms with Crippen LogP contribution in [0, 0.1) is 0 Å². The van der Waals surface area contributed by atoms with Crippen LogP contribution in [0.15, 0.2) is 41.8 Å². The number of methoxy groups -OCH3 is 1. The zero-order valence-corrected chi connectivity index (χ0v) is 14.6. The van der Waals surface area contributed by atoms with Crippen LogP contribution in [-0.2, 0) is 11.3 Å². The molecule has 5 nitrogen and oxygen atoms in total. The third-order valence-corrected chi connectivity index (χ3v) is 4.90. The molecule has 1 N–H and O–H groups in total. The smallest absolute Gasteiger partial charge is 0.318 e. The van der Waals surface area contributed by atoms with Crippen molar-refractivity contribution in [3.8, 4) is 5.75 Å². The maximum atomic E-state index is 12.8. The van der Waals surface area contributed by atoms with Crippen molar-refractivity contribution in [2.45, 2.75) is 19.0 Å². The molecule has 0 saturated heterocycles. The van der Waals surface area contributed by atoms with E-state index in [1.54, 1.807) is 23.3 Å². The largest absolute Gasteiger partial charge is 0.493 e. The molecule has 1 atom stereocenters. The maximum Gasteiger partial charge on any atom is 0.318 e. The van der Waals surface area contributed by atoms with E-state index < -0.39 is 0 Å². The summed E-state index contributed by atoms with van der Waals surface area (Å²) in [5.74, 6) is 0.857. The molecule has 0 unspecified atom stereocenters. The number of nitrogens with one attached hydrogen (secondary N) is 1. The minimum Gasteiger partial charge on any atom is -0.493 e. The Hall–Kier alpha value is -2.05. The fourth-order valence-electron chi connectivity index (χ4n) is 2.78. The fraction of sp³-hybridized carbons (Fsp3) is 0.389. The van der Waals surface area contributed by atoms with E-state index in [2.05, 4.69) is 5.32 Å². The number of ether oxygens (including phenoxy) is 2. The van der Waals surface area contributed by atoms with Gasteiger partial charge in [-0.05, 0) is 17.5 Å². The van der Waals surface area contributed by atoms with E-state index in [1.807, 2.05) is 41.8 Å². The fourth-order valence-corrected chi connectivity index (χ4v) is 3.50. The minimum absolute atomic E-state index is 0.0177. The van der Waals surface area contributed by atoms with Crippen LogP contribution in [0.2, 0.25) is 0 Å². The molecule has 24 heavy (non-hydrogen) atoms. The number of benzene rings is 1. The van der Waals surface area contributed by atoms with Gasteiger partial charge in [0.05, 0.1) is 25.8 Å². The zero-order valence-electron chi connectivity index (χ0n) is 13.7. The number of para-hydroxylation sites is 1. The number of amides is 2. The van der Waals surface area contributed by atoms with Crippen molar-refractivity contribution in [3.05, 3.63) is 52.2 Å². The summed E-state index contributed by atoms with van der Waals surface area (Å²) in [6.45, 7) is 2.29. The van der Waals surface area contributed by atoms with Crippen LogP contribution in [0.4, 0.5) is 4.79 Å². The quantitative estimate of drug-likeness (QED) is 0.872. The summed E-state index contributed by atoms with van der Waals surface area (Å²) >= 11 is 1.65. The Bertz CT molecular complexity index is 660. The number of fused-ring (bicyclic) bond motifs is 1. The van der Waals surface area contributed by atoms with E-state index >= 15 is 0 Å². The molecule has 1 aliphatic heterocycles. The topological polar surface area (TPSA) is 50.8 Å². The van der Waals surface area contributed by atoms with Crippen molar-refractivity contribution in [3.63, 3.8) is 0 Å². The van der Waals surface area contributed by atoms with Crippen molar-refractivity contribution in [1.82, 2.24) is 10.2 Å². The average Bonchev–Trinajstić information content (AvgIpc) is 3.12. The zero-order chi connectivity index (χ0) is 16.8. The number of rotatable bonds is 6. The molecule has 0 saturated carbocycles. The Balaban J connectivity index is 1.69. The lowest BCUT2D eigenvalue weighted by atomic mass is 10.0. The van der Waals surface area contributed by atoms with E-state index in [0.29, 0.717) is 26.3 Å². The standard InChI is InChI=1S/C18H22N2O3S/c1-22-11-9-20(13-14-5-4-12-24-14)18(21)19-16-8-10-23-17-7-3-2-6-15(16)17/h2-7,12,16H,8-11,13H2,1H3,(H,19,21)/t16-/m1/s1. The van der Waals surface area contributed by atoms with Gasteiger partial charge in [-0.25, -0.2) is 4.79 Å². The second-order valence-corrected chi connectivity index (χ2v) is 6.70. The van der Waals surface area contributed by atoms with Crippen molar-refractivity contribution in [2.75, 3.05) is 26.9 Å². The van der Waals surface area contributed by atoms with Crippen LogP contribution >= 0.6 is 11.3 Å². The monoisotopic (exact) mass is 346 g/mol. The lowest BCUT2D eigenvalue weighted by Gasteiger charge is -2.30. The van der Waals surface area contributed by atoms with E-state index in [1.165, 1.54) is 0 Å². The Morgan fingerprint density at radius 1 is 1.38 bits per heavy atom. The highest BCUT2D eigenvalue weighted by atomic mass is 32.1. The van der Waals surface area contributed by atoms with Gasteiger partial charge < -0.3 is 19.7 Å². The first kappa shape index (κ1) is 16.8. The molecule has 6 heteroatoms. The van der Waals surface area contributed by atoms with Gasteiger partial charge in [0.2, 0.25) is 0 Å². The lowest BCUT2D eigenvalue weighted by Crippen LogP contribution is -2.43. The third kappa shape index (κ3) is 4.07. The first-order valence-corrected chi connectivity index (χ1v) is 8.94. The number of carbonyl (C=O) groups excluding carboxylic acids is 1. The predicted octanol–water partition coefficient (Wildman–Crippen LogP) is 3.43. The number of urea groups is 1. The van der Waals surface area contributed by atoms with Gasteiger partial charge >= 0.3 is 6.03 Å². The van der Waals surface area contributed by atoms with Gasteiger partial charge in [0.1, 0.15) is 5.75 Å². The average molecular weight is 346 g/mol. The van der Waals surface area contributed by atoms with E-state index in [9.17, 15) is 4.79 Å². The molecule has 2 heterocycles. The Labute approximate surface area is 146 Å². The third-order valence-electron chi connectivity index (χ3n) is 4.04. The number of nitrogens with zero attached hydrogens (tertiary/aromatic N) is 1. The van der Waals surface area contributed by atoms with Gasteiger partial charge in [-0.3, -0.25) is 0 Å². The van der Waals surface area contributed by atoms with Gasteiger partial charge in [0, 0.05) is 30.5 Å². The van der Waals surface area contributed by atoms with E-state index in [0.717, 1.165) is 22.6 Å². The highest BCUT2D eigenvalue weighted by molar-refractivity contribution is 7.09. The molecule has 1 aromatic heterocycles. The Morgan fingerprint density at radius 3 is 3.04 bits per heavy atom.